The molecule has 0 fully saturated rings. The lowest BCUT2D eigenvalue weighted by Gasteiger charge is -2.09. The summed E-state index contributed by atoms with van der Waals surface area (Å²) in [4.78, 5) is 24.6. The van der Waals surface area contributed by atoms with Crippen molar-refractivity contribution in [1.82, 2.24) is 0 Å². The molecule has 0 aliphatic rings. The number of thiophene rings is 1. The van der Waals surface area contributed by atoms with Crippen molar-refractivity contribution in [3.05, 3.63) is 76.7 Å². The van der Waals surface area contributed by atoms with Gasteiger partial charge < -0.3 is 14.8 Å². The van der Waals surface area contributed by atoms with Crippen molar-refractivity contribution in [2.24, 2.45) is 0 Å². The number of carbonyl (C=O) groups excluding carboxylic acids is 2. The Morgan fingerprint density at radius 1 is 1.04 bits per heavy atom. The first kappa shape index (κ1) is 19.6. The predicted molar refractivity (Wildman–Crippen MR) is 110 cm³/mol. The van der Waals surface area contributed by atoms with E-state index in [0.717, 1.165) is 16.9 Å². The number of methoxy groups -OCH3 is 1. The molecule has 144 valence electrons. The number of ether oxygens (including phenoxy) is 2. The van der Waals surface area contributed by atoms with Gasteiger partial charge in [0.1, 0.15) is 16.5 Å². The Morgan fingerprint density at radius 2 is 1.79 bits per heavy atom. The molecule has 1 amide bonds. The number of aryl methyl sites for hydroxylation is 1. The number of rotatable bonds is 7. The van der Waals surface area contributed by atoms with E-state index in [1.54, 1.807) is 0 Å². The quantitative estimate of drug-likeness (QED) is 0.567. The molecule has 0 saturated carbocycles. The molecule has 5 nitrogen and oxygen atoms in total. The highest BCUT2D eigenvalue weighted by molar-refractivity contribution is 7.15. The topological polar surface area (TPSA) is 64.6 Å². The van der Waals surface area contributed by atoms with Crippen molar-refractivity contribution in [1.29, 1.82) is 0 Å². The molecule has 6 heteroatoms. The van der Waals surface area contributed by atoms with Crippen LogP contribution in [-0.4, -0.2) is 19.0 Å². The van der Waals surface area contributed by atoms with Crippen molar-refractivity contribution in [2.75, 3.05) is 12.4 Å². The second-order valence-corrected chi connectivity index (χ2v) is 6.98. The molecule has 1 heterocycles. The second-order valence-electron chi connectivity index (χ2n) is 6.10. The third-order valence-electron chi connectivity index (χ3n) is 4.13. The zero-order chi connectivity index (χ0) is 19.9. The van der Waals surface area contributed by atoms with Gasteiger partial charge >= 0.3 is 5.97 Å². The van der Waals surface area contributed by atoms with Crippen LogP contribution >= 0.6 is 11.3 Å². The Bertz CT molecular complexity index is 966. The fourth-order valence-corrected chi connectivity index (χ4v) is 3.82. The van der Waals surface area contributed by atoms with Gasteiger partial charge in [-0.15, -0.1) is 11.3 Å². The van der Waals surface area contributed by atoms with Crippen LogP contribution < -0.4 is 10.1 Å². The van der Waals surface area contributed by atoms with E-state index in [-0.39, 0.29) is 12.3 Å². The number of carbonyl (C=O) groups is 2. The summed E-state index contributed by atoms with van der Waals surface area (Å²) < 4.78 is 10.7. The van der Waals surface area contributed by atoms with Crippen molar-refractivity contribution < 1.29 is 19.1 Å². The van der Waals surface area contributed by atoms with Crippen molar-refractivity contribution in [2.45, 2.75) is 19.8 Å². The molecule has 1 aromatic heterocycles. The van der Waals surface area contributed by atoms with Crippen molar-refractivity contribution in [3.63, 3.8) is 0 Å². The highest BCUT2D eigenvalue weighted by Crippen LogP contribution is 2.30. The molecule has 2 aromatic carbocycles. The van der Waals surface area contributed by atoms with Crippen molar-refractivity contribution in [3.8, 4) is 11.5 Å². The molecular formula is C22H21NO4S. The minimum absolute atomic E-state index is 0.173. The molecule has 0 aliphatic carbocycles. The molecule has 28 heavy (non-hydrogen) atoms. The molecule has 0 saturated heterocycles. The number of hydrogen-bond acceptors (Lipinski definition) is 5. The molecule has 0 bridgehead atoms. The molecule has 3 rings (SSSR count). The summed E-state index contributed by atoms with van der Waals surface area (Å²) in [7, 11) is 1.34. The second kappa shape index (κ2) is 9.19. The van der Waals surface area contributed by atoms with E-state index >= 15 is 0 Å². The van der Waals surface area contributed by atoms with E-state index in [2.05, 4.69) is 5.32 Å². The molecule has 0 radical (unpaired) electrons. The first-order chi connectivity index (χ1) is 13.6. The smallest absolute Gasteiger partial charge is 0.341 e. The third kappa shape index (κ3) is 4.78. The molecule has 0 spiro atoms. The first-order valence-electron chi connectivity index (χ1n) is 8.91. The number of hydrogen-bond donors (Lipinski definition) is 1. The van der Waals surface area contributed by atoms with E-state index in [9.17, 15) is 9.59 Å². The average molecular weight is 395 g/mol. The van der Waals surface area contributed by atoms with Crippen LogP contribution in [0.15, 0.2) is 60.0 Å². The van der Waals surface area contributed by atoms with Gasteiger partial charge in [-0.2, -0.15) is 0 Å². The van der Waals surface area contributed by atoms with Crippen LogP contribution in [0.3, 0.4) is 0 Å². The summed E-state index contributed by atoms with van der Waals surface area (Å²) >= 11 is 1.33. The number of amides is 1. The lowest BCUT2D eigenvalue weighted by molar-refractivity contribution is -0.115. The highest BCUT2D eigenvalue weighted by atomic mass is 32.1. The third-order valence-corrected chi connectivity index (χ3v) is 5.08. The van der Waals surface area contributed by atoms with Crippen LogP contribution in [0.5, 0.6) is 11.5 Å². The van der Waals surface area contributed by atoms with Crippen LogP contribution in [-0.2, 0) is 22.4 Å². The summed E-state index contributed by atoms with van der Waals surface area (Å²) in [6, 6.07) is 16.9. The Balaban J connectivity index is 1.70. The van der Waals surface area contributed by atoms with E-state index < -0.39 is 5.97 Å². The fourth-order valence-electron chi connectivity index (χ4n) is 2.77. The van der Waals surface area contributed by atoms with Gasteiger partial charge in [0.15, 0.2) is 0 Å². The zero-order valence-electron chi connectivity index (χ0n) is 15.7. The van der Waals surface area contributed by atoms with Gasteiger partial charge in [-0.25, -0.2) is 4.79 Å². The minimum Gasteiger partial charge on any atom is -0.465 e. The Labute approximate surface area is 167 Å². The van der Waals surface area contributed by atoms with Gasteiger partial charge in [0, 0.05) is 0 Å². The maximum atomic E-state index is 12.5. The Hall–Kier alpha value is -3.12. The average Bonchev–Trinajstić information content (AvgIpc) is 3.10. The zero-order valence-corrected chi connectivity index (χ0v) is 16.5. The fraction of sp³-hybridized carbons (Fsp3) is 0.182. The maximum Gasteiger partial charge on any atom is 0.341 e. The van der Waals surface area contributed by atoms with Gasteiger partial charge in [-0.05, 0) is 47.2 Å². The summed E-state index contributed by atoms with van der Waals surface area (Å²) in [6.07, 6.45) is 0.863. The SMILES string of the molecule is CCc1csc(NC(=O)Cc2cccc(Oc3ccccc3)c2)c1C(=O)OC. The summed E-state index contributed by atoms with van der Waals surface area (Å²) in [5.41, 5.74) is 2.12. The molecule has 0 unspecified atom stereocenters. The standard InChI is InChI=1S/C22H21NO4S/c1-3-16-14-28-21(20(16)22(25)26-2)23-19(24)13-15-8-7-11-18(12-15)27-17-9-5-4-6-10-17/h4-12,14H,3,13H2,1-2H3,(H,23,24). The molecule has 0 aliphatic heterocycles. The van der Waals surface area contributed by atoms with E-state index in [4.69, 9.17) is 9.47 Å². The Kier molecular flexibility index (Phi) is 6.45. The van der Waals surface area contributed by atoms with Gasteiger partial charge in [0.25, 0.3) is 0 Å². The van der Waals surface area contributed by atoms with E-state index in [1.165, 1.54) is 18.4 Å². The number of nitrogens with one attached hydrogen (secondary N) is 1. The number of esters is 1. The lowest BCUT2D eigenvalue weighted by atomic mass is 10.1. The normalized spacial score (nSPS) is 10.4. The molecule has 1 N–H and O–H groups in total. The predicted octanol–water partition coefficient (Wildman–Crippen LogP) is 5.07. The van der Waals surface area contributed by atoms with Gasteiger partial charge in [0.2, 0.25) is 5.91 Å². The molecular weight excluding hydrogens is 374 g/mol. The van der Waals surface area contributed by atoms with Gasteiger partial charge in [-0.3, -0.25) is 4.79 Å². The Morgan fingerprint density at radius 3 is 2.50 bits per heavy atom. The summed E-state index contributed by atoms with van der Waals surface area (Å²) in [5, 5.41) is 5.23. The molecule has 3 aromatic rings. The summed E-state index contributed by atoms with van der Waals surface area (Å²) in [5.74, 6) is 0.756. The monoisotopic (exact) mass is 395 g/mol. The highest BCUT2D eigenvalue weighted by Gasteiger charge is 2.20. The van der Waals surface area contributed by atoms with Crippen LogP contribution in [0.2, 0.25) is 0 Å². The van der Waals surface area contributed by atoms with Crippen LogP contribution in [0.4, 0.5) is 5.00 Å². The van der Waals surface area contributed by atoms with E-state index in [1.807, 2.05) is 66.9 Å². The summed E-state index contributed by atoms with van der Waals surface area (Å²) in [6.45, 7) is 1.96. The van der Waals surface area contributed by atoms with Crippen LogP contribution in [0.25, 0.3) is 0 Å². The number of anilines is 1. The maximum absolute atomic E-state index is 12.5. The number of benzene rings is 2. The van der Waals surface area contributed by atoms with Gasteiger partial charge in [-0.1, -0.05) is 37.3 Å². The minimum atomic E-state index is -0.438. The molecule has 0 atom stereocenters. The van der Waals surface area contributed by atoms with E-state index in [0.29, 0.717) is 22.7 Å². The lowest BCUT2D eigenvalue weighted by Crippen LogP contribution is -2.16. The largest absolute Gasteiger partial charge is 0.465 e. The first-order valence-corrected chi connectivity index (χ1v) is 9.79. The van der Waals surface area contributed by atoms with Crippen LogP contribution in [0.1, 0.15) is 28.4 Å². The van der Waals surface area contributed by atoms with Gasteiger partial charge in [0.05, 0.1) is 19.1 Å². The van der Waals surface area contributed by atoms with Crippen LogP contribution in [0, 0.1) is 0 Å². The number of para-hydroxylation sites is 1. The van der Waals surface area contributed by atoms with Crippen molar-refractivity contribution >= 4 is 28.2 Å².